The third kappa shape index (κ3) is 5.59. The second-order valence-corrected chi connectivity index (χ2v) is 7.82. The van der Waals surface area contributed by atoms with Crippen LogP contribution < -0.4 is 15.5 Å². The number of non-ortho nitro benzene ring substituents is 1. The molecule has 1 aliphatic heterocycles. The maximum Gasteiger partial charge on any atom is 0.269 e. The van der Waals surface area contributed by atoms with Crippen molar-refractivity contribution in [1.29, 1.82) is 0 Å². The summed E-state index contributed by atoms with van der Waals surface area (Å²) >= 11 is 0. The largest absolute Gasteiger partial charge is 0.371 e. The number of anilines is 2. The van der Waals surface area contributed by atoms with Gasteiger partial charge in [0.1, 0.15) is 0 Å². The third-order valence-electron chi connectivity index (χ3n) is 5.53. The van der Waals surface area contributed by atoms with Crippen molar-refractivity contribution in [2.45, 2.75) is 45.6 Å². The molecule has 31 heavy (non-hydrogen) atoms. The van der Waals surface area contributed by atoms with Crippen LogP contribution >= 0.6 is 0 Å². The van der Waals surface area contributed by atoms with Crippen molar-refractivity contribution in [1.82, 2.24) is 5.32 Å². The number of hydrogen-bond donors (Lipinski definition) is 2. The average Bonchev–Trinajstić information content (AvgIpc) is 2.79. The van der Waals surface area contributed by atoms with Gasteiger partial charge in [0.05, 0.1) is 10.5 Å². The minimum atomic E-state index is -0.511. The first-order valence-electron chi connectivity index (χ1n) is 10.6. The van der Waals surface area contributed by atoms with Crippen LogP contribution in [0.2, 0.25) is 0 Å². The Morgan fingerprint density at radius 3 is 2.35 bits per heavy atom. The normalized spacial score (nSPS) is 14.6. The topological polar surface area (TPSA) is 105 Å². The molecule has 2 amide bonds. The first kappa shape index (κ1) is 22.3. The minimum Gasteiger partial charge on any atom is -0.371 e. The summed E-state index contributed by atoms with van der Waals surface area (Å²) in [4.78, 5) is 38.1. The molecule has 2 aromatic rings. The number of nitro benzene ring substituents is 1. The summed E-state index contributed by atoms with van der Waals surface area (Å²) in [5.74, 6) is -0.560. The minimum absolute atomic E-state index is 0.0417. The molecule has 8 heteroatoms. The number of carbonyl (C=O) groups excluding carboxylic acids is 2. The SMILES string of the molecule is CC[C@@H](C)NC(=O)c1cc(NC(=O)c2ccc([N+](=O)[O-])cc2)ccc1N1CCCCC1. The Hall–Kier alpha value is -3.42. The molecule has 8 nitrogen and oxygen atoms in total. The summed E-state index contributed by atoms with van der Waals surface area (Å²) in [6, 6.07) is 10.8. The molecule has 0 unspecified atom stereocenters. The van der Waals surface area contributed by atoms with Crippen molar-refractivity contribution in [2.24, 2.45) is 0 Å². The van der Waals surface area contributed by atoms with Gasteiger partial charge in [0.25, 0.3) is 17.5 Å². The molecule has 2 aromatic carbocycles. The quantitative estimate of drug-likeness (QED) is 0.507. The highest BCUT2D eigenvalue weighted by molar-refractivity contribution is 6.06. The van der Waals surface area contributed by atoms with Gasteiger partial charge in [-0.05, 0) is 62.9 Å². The lowest BCUT2D eigenvalue weighted by molar-refractivity contribution is -0.384. The fourth-order valence-corrected chi connectivity index (χ4v) is 3.55. The van der Waals surface area contributed by atoms with Crippen LogP contribution in [-0.4, -0.2) is 35.9 Å². The Bertz CT molecular complexity index is 953. The van der Waals surface area contributed by atoms with E-state index in [-0.39, 0.29) is 17.6 Å². The summed E-state index contributed by atoms with van der Waals surface area (Å²) < 4.78 is 0. The van der Waals surface area contributed by atoms with E-state index in [0.29, 0.717) is 16.8 Å². The van der Waals surface area contributed by atoms with Gasteiger partial charge >= 0.3 is 0 Å². The number of carbonyl (C=O) groups is 2. The van der Waals surface area contributed by atoms with Crippen LogP contribution in [0.1, 0.15) is 60.2 Å². The van der Waals surface area contributed by atoms with Crippen molar-refractivity contribution in [3.8, 4) is 0 Å². The molecule has 0 bridgehead atoms. The van der Waals surface area contributed by atoms with Crippen molar-refractivity contribution in [2.75, 3.05) is 23.3 Å². The van der Waals surface area contributed by atoms with Gasteiger partial charge in [0.2, 0.25) is 0 Å². The van der Waals surface area contributed by atoms with Gasteiger partial charge in [0, 0.05) is 48.2 Å². The van der Waals surface area contributed by atoms with E-state index in [9.17, 15) is 19.7 Å². The van der Waals surface area contributed by atoms with Crippen LogP contribution in [0.5, 0.6) is 0 Å². The number of piperidine rings is 1. The summed E-state index contributed by atoms with van der Waals surface area (Å²) in [5, 5.41) is 16.6. The molecule has 1 heterocycles. The highest BCUT2D eigenvalue weighted by Gasteiger charge is 2.21. The van der Waals surface area contributed by atoms with Crippen LogP contribution in [0.25, 0.3) is 0 Å². The number of nitro groups is 1. The molecule has 1 saturated heterocycles. The smallest absolute Gasteiger partial charge is 0.269 e. The maximum atomic E-state index is 13.0. The zero-order chi connectivity index (χ0) is 22.4. The molecule has 164 valence electrons. The lowest BCUT2D eigenvalue weighted by atomic mass is 10.0. The molecule has 0 aliphatic carbocycles. The fourth-order valence-electron chi connectivity index (χ4n) is 3.55. The Morgan fingerprint density at radius 2 is 1.74 bits per heavy atom. The van der Waals surface area contributed by atoms with E-state index < -0.39 is 10.8 Å². The van der Waals surface area contributed by atoms with Gasteiger partial charge < -0.3 is 15.5 Å². The Labute approximate surface area is 181 Å². The number of hydrogen-bond acceptors (Lipinski definition) is 5. The number of amides is 2. The fraction of sp³-hybridized carbons (Fsp3) is 0.391. The van der Waals surface area contributed by atoms with E-state index in [1.54, 1.807) is 12.1 Å². The molecule has 2 N–H and O–H groups in total. The summed E-state index contributed by atoms with van der Waals surface area (Å²) in [7, 11) is 0. The molecular weight excluding hydrogens is 396 g/mol. The average molecular weight is 425 g/mol. The summed E-state index contributed by atoms with van der Waals surface area (Å²) in [6.07, 6.45) is 4.19. The predicted molar refractivity (Wildman–Crippen MR) is 121 cm³/mol. The van der Waals surface area contributed by atoms with Crippen LogP contribution in [0.4, 0.5) is 17.1 Å². The molecule has 0 aromatic heterocycles. The molecule has 0 spiro atoms. The van der Waals surface area contributed by atoms with Crippen LogP contribution in [0.15, 0.2) is 42.5 Å². The molecule has 1 atom stereocenters. The van der Waals surface area contributed by atoms with Gasteiger partial charge in [-0.1, -0.05) is 6.92 Å². The first-order valence-corrected chi connectivity index (χ1v) is 10.6. The number of nitrogens with zero attached hydrogens (tertiary/aromatic N) is 2. The van der Waals surface area contributed by atoms with E-state index in [4.69, 9.17) is 0 Å². The summed E-state index contributed by atoms with van der Waals surface area (Å²) in [6.45, 7) is 5.77. The van der Waals surface area contributed by atoms with Crippen molar-refractivity contribution in [3.63, 3.8) is 0 Å². The second-order valence-electron chi connectivity index (χ2n) is 7.82. The maximum absolute atomic E-state index is 13.0. The second kappa shape index (κ2) is 10.1. The molecule has 3 rings (SSSR count). The number of nitrogens with one attached hydrogen (secondary N) is 2. The van der Waals surface area contributed by atoms with Crippen molar-refractivity contribution in [3.05, 3.63) is 63.7 Å². The lowest BCUT2D eigenvalue weighted by Gasteiger charge is -2.31. The van der Waals surface area contributed by atoms with E-state index >= 15 is 0 Å². The van der Waals surface area contributed by atoms with E-state index in [1.165, 1.54) is 30.7 Å². The lowest BCUT2D eigenvalue weighted by Crippen LogP contribution is -2.35. The van der Waals surface area contributed by atoms with Gasteiger partial charge in [-0.25, -0.2) is 0 Å². The third-order valence-corrected chi connectivity index (χ3v) is 5.53. The number of benzene rings is 2. The Balaban J connectivity index is 1.84. The van der Waals surface area contributed by atoms with Gasteiger partial charge in [0.15, 0.2) is 0 Å². The highest BCUT2D eigenvalue weighted by atomic mass is 16.6. The predicted octanol–water partition coefficient (Wildman–Crippen LogP) is 4.37. The highest BCUT2D eigenvalue weighted by Crippen LogP contribution is 2.28. The zero-order valence-corrected chi connectivity index (χ0v) is 17.9. The Morgan fingerprint density at radius 1 is 1.06 bits per heavy atom. The van der Waals surface area contributed by atoms with Gasteiger partial charge in [-0.15, -0.1) is 0 Å². The van der Waals surface area contributed by atoms with Crippen LogP contribution in [0.3, 0.4) is 0 Å². The van der Waals surface area contributed by atoms with Crippen molar-refractivity contribution >= 4 is 28.9 Å². The van der Waals surface area contributed by atoms with Gasteiger partial charge in [-0.3, -0.25) is 19.7 Å². The molecule has 1 aliphatic rings. The zero-order valence-electron chi connectivity index (χ0n) is 17.9. The molecular formula is C23H28N4O4. The first-order chi connectivity index (χ1) is 14.9. The van der Waals surface area contributed by atoms with Crippen molar-refractivity contribution < 1.29 is 14.5 Å². The molecule has 0 saturated carbocycles. The molecule has 0 radical (unpaired) electrons. The summed E-state index contributed by atoms with van der Waals surface area (Å²) in [5.41, 5.74) is 2.12. The standard InChI is InChI=1S/C23H28N4O4/c1-3-16(2)24-23(29)20-15-18(9-12-21(20)26-13-5-4-6-14-26)25-22(28)17-7-10-19(11-8-17)27(30)31/h7-12,15-16H,3-6,13-14H2,1-2H3,(H,24,29)(H,25,28)/t16-/m1/s1. The van der Waals surface area contributed by atoms with E-state index in [1.807, 2.05) is 19.9 Å². The van der Waals surface area contributed by atoms with Crippen LogP contribution in [0, 0.1) is 10.1 Å². The van der Waals surface area contributed by atoms with Gasteiger partial charge in [-0.2, -0.15) is 0 Å². The Kier molecular flexibility index (Phi) is 7.23. The van der Waals surface area contributed by atoms with E-state index in [0.717, 1.165) is 38.0 Å². The van der Waals surface area contributed by atoms with E-state index in [2.05, 4.69) is 15.5 Å². The monoisotopic (exact) mass is 424 g/mol. The van der Waals surface area contributed by atoms with Crippen LogP contribution in [-0.2, 0) is 0 Å². The number of rotatable bonds is 7. The molecule has 1 fully saturated rings.